The van der Waals surface area contributed by atoms with E-state index in [2.05, 4.69) is 34.4 Å². The van der Waals surface area contributed by atoms with Gasteiger partial charge in [-0.3, -0.25) is 4.99 Å². The normalized spacial score (nSPS) is 17.8. The van der Waals surface area contributed by atoms with Crippen molar-refractivity contribution in [3.63, 3.8) is 0 Å². The first kappa shape index (κ1) is 19.6. The van der Waals surface area contributed by atoms with E-state index in [0.29, 0.717) is 24.6 Å². The van der Waals surface area contributed by atoms with Gasteiger partial charge in [0.15, 0.2) is 5.96 Å². The van der Waals surface area contributed by atoms with Gasteiger partial charge in [-0.05, 0) is 44.4 Å². The Morgan fingerprint density at radius 1 is 1.20 bits per heavy atom. The van der Waals surface area contributed by atoms with E-state index in [0.717, 1.165) is 43.6 Å². The van der Waals surface area contributed by atoms with Crippen LogP contribution in [0.2, 0.25) is 0 Å². The van der Waals surface area contributed by atoms with Gasteiger partial charge in [0.05, 0.1) is 5.56 Å². The maximum atomic E-state index is 12.6. The van der Waals surface area contributed by atoms with E-state index < -0.39 is 11.7 Å². The zero-order valence-corrected chi connectivity index (χ0v) is 15.0. The molecule has 0 unspecified atom stereocenters. The Balaban J connectivity index is 1.81. The Labute approximate surface area is 147 Å². The highest BCUT2D eigenvalue weighted by molar-refractivity contribution is 5.79. The Bertz CT molecular complexity index is 559. The molecule has 2 rings (SSSR count). The molecule has 0 aromatic heterocycles. The van der Waals surface area contributed by atoms with E-state index in [9.17, 15) is 13.2 Å². The summed E-state index contributed by atoms with van der Waals surface area (Å²) in [6, 6.07) is 6.13. The fraction of sp³-hybridized carbons (Fsp3) is 0.611. The molecule has 1 fully saturated rings. The van der Waals surface area contributed by atoms with Gasteiger partial charge in [-0.2, -0.15) is 13.2 Å². The smallest absolute Gasteiger partial charge is 0.354 e. The highest BCUT2D eigenvalue weighted by Gasteiger charge is 2.29. The Morgan fingerprint density at radius 3 is 2.28 bits per heavy atom. The number of benzene rings is 1. The number of likely N-dealkylation sites (tertiary alicyclic amines) is 1. The molecule has 0 aliphatic carbocycles. The third kappa shape index (κ3) is 5.92. The van der Waals surface area contributed by atoms with Gasteiger partial charge in [0.1, 0.15) is 0 Å². The van der Waals surface area contributed by atoms with Gasteiger partial charge in [0.2, 0.25) is 0 Å². The monoisotopic (exact) mass is 356 g/mol. The minimum absolute atomic E-state index is 0.369. The van der Waals surface area contributed by atoms with E-state index >= 15 is 0 Å². The van der Waals surface area contributed by atoms with Crippen molar-refractivity contribution in [2.45, 2.75) is 51.5 Å². The molecule has 0 bridgehead atoms. The van der Waals surface area contributed by atoms with E-state index in [-0.39, 0.29) is 0 Å². The lowest BCUT2D eigenvalue weighted by Crippen LogP contribution is -2.49. The van der Waals surface area contributed by atoms with Crippen LogP contribution in [0.4, 0.5) is 13.2 Å². The van der Waals surface area contributed by atoms with Crippen molar-refractivity contribution in [1.29, 1.82) is 0 Å². The minimum Gasteiger partial charge on any atom is -0.354 e. The van der Waals surface area contributed by atoms with Crippen molar-refractivity contribution in [1.82, 2.24) is 15.5 Å². The van der Waals surface area contributed by atoms with Crippen LogP contribution >= 0.6 is 0 Å². The number of guanidine groups is 1. The van der Waals surface area contributed by atoms with Crippen molar-refractivity contribution in [2.75, 3.05) is 20.1 Å². The maximum absolute atomic E-state index is 12.6. The Morgan fingerprint density at radius 2 is 1.80 bits per heavy atom. The second-order valence-electron chi connectivity index (χ2n) is 6.67. The highest BCUT2D eigenvalue weighted by Crippen LogP contribution is 2.29. The van der Waals surface area contributed by atoms with Gasteiger partial charge < -0.3 is 15.5 Å². The number of rotatable bonds is 4. The first-order chi connectivity index (χ1) is 11.8. The summed E-state index contributed by atoms with van der Waals surface area (Å²) in [5.74, 6) is 0.683. The van der Waals surface area contributed by atoms with E-state index in [1.165, 1.54) is 12.1 Å². The van der Waals surface area contributed by atoms with Crippen LogP contribution in [-0.2, 0) is 12.7 Å². The number of piperidine rings is 1. The molecule has 0 amide bonds. The molecule has 1 aromatic rings. The molecule has 0 atom stereocenters. The van der Waals surface area contributed by atoms with Gasteiger partial charge >= 0.3 is 6.18 Å². The lowest BCUT2D eigenvalue weighted by atomic mass is 10.0. The fourth-order valence-corrected chi connectivity index (χ4v) is 2.95. The average molecular weight is 356 g/mol. The third-order valence-corrected chi connectivity index (χ3v) is 4.57. The molecular formula is C18H27F3N4. The molecule has 0 saturated carbocycles. The standard InChI is InChI=1S/C18H27F3N4/c1-13(2)25-10-8-16(9-11-25)24-17(22-3)23-12-14-4-6-15(7-5-14)18(19,20)21/h4-7,13,16H,8-12H2,1-3H3,(H2,22,23,24). The first-order valence-electron chi connectivity index (χ1n) is 8.67. The van der Waals surface area contributed by atoms with Gasteiger partial charge in [-0.1, -0.05) is 12.1 Å². The van der Waals surface area contributed by atoms with Crippen LogP contribution in [0.15, 0.2) is 29.3 Å². The lowest BCUT2D eigenvalue weighted by molar-refractivity contribution is -0.137. The Hall–Kier alpha value is -1.76. The number of hydrogen-bond donors (Lipinski definition) is 2. The maximum Gasteiger partial charge on any atom is 0.416 e. The van der Waals surface area contributed by atoms with E-state index in [1.807, 2.05) is 0 Å². The topological polar surface area (TPSA) is 39.7 Å². The summed E-state index contributed by atoms with van der Waals surface area (Å²) in [7, 11) is 1.70. The third-order valence-electron chi connectivity index (χ3n) is 4.57. The van der Waals surface area contributed by atoms with Crippen LogP contribution in [0.3, 0.4) is 0 Å². The van der Waals surface area contributed by atoms with Crippen LogP contribution in [0.25, 0.3) is 0 Å². The average Bonchev–Trinajstić information content (AvgIpc) is 2.58. The lowest BCUT2D eigenvalue weighted by Gasteiger charge is -2.35. The van der Waals surface area contributed by atoms with Crippen molar-refractivity contribution in [3.05, 3.63) is 35.4 Å². The molecule has 1 aliphatic heterocycles. The molecule has 7 heteroatoms. The van der Waals surface area contributed by atoms with Crippen LogP contribution in [0.1, 0.15) is 37.8 Å². The zero-order chi connectivity index (χ0) is 18.4. The molecule has 1 saturated heterocycles. The summed E-state index contributed by atoms with van der Waals surface area (Å²) in [5.41, 5.74) is 0.154. The van der Waals surface area contributed by atoms with Crippen LogP contribution in [0, 0.1) is 0 Å². The van der Waals surface area contributed by atoms with Crippen LogP contribution in [0.5, 0.6) is 0 Å². The summed E-state index contributed by atoms with van der Waals surface area (Å²) in [5, 5.41) is 6.57. The summed E-state index contributed by atoms with van der Waals surface area (Å²) in [6.07, 6.45) is -2.19. The molecule has 4 nitrogen and oxygen atoms in total. The van der Waals surface area contributed by atoms with Crippen LogP contribution in [-0.4, -0.2) is 43.1 Å². The van der Waals surface area contributed by atoms with Crippen molar-refractivity contribution < 1.29 is 13.2 Å². The number of aliphatic imine (C=N–C) groups is 1. The first-order valence-corrected chi connectivity index (χ1v) is 8.67. The molecule has 2 N–H and O–H groups in total. The van der Waals surface area contributed by atoms with Crippen molar-refractivity contribution >= 4 is 5.96 Å². The summed E-state index contributed by atoms with van der Waals surface area (Å²) in [6.45, 7) is 6.97. The highest BCUT2D eigenvalue weighted by atomic mass is 19.4. The minimum atomic E-state index is -4.30. The quantitative estimate of drug-likeness (QED) is 0.643. The van der Waals surface area contributed by atoms with Gasteiger partial charge in [-0.25, -0.2) is 0 Å². The second-order valence-corrected chi connectivity index (χ2v) is 6.67. The van der Waals surface area contributed by atoms with E-state index in [1.54, 1.807) is 7.05 Å². The van der Waals surface area contributed by atoms with Gasteiger partial charge in [0, 0.05) is 38.8 Å². The predicted molar refractivity (Wildman–Crippen MR) is 94.5 cm³/mol. The van der Waals surface area contributed by atoms with Crippen LogP contribution < -0.4 is 10.6 Å². The number of hydrogen-bond acceptors (Lipinski definition) is 2. The number of nitrogens with zero attached hydrogens (tertiary/aromatic N) is 2. The molecular weight excluding hydrogens is 329 g/mol. The van der Waals surface area contributed by atoms with Gasteiger partial charge in [-0.15, -0.1) is 0 Å². The van der Waals surface area contributed by atoms with Gasteiger partial charge in [0.25, 0.3) is 0 Å². The zero-order valence-electron chi connectivity index (χ0n) is 15.0. The number of nitrogens with one attached hydrogen (secondary N) is 2. The Kier molecular flexibility index (Phi) is 6.70. The molecule has 1 aromatic carbocycles. The molecule has 25 heavy (non-hydrogen) atoms. The van der Waals surface area contributed by atoms with Crippen molar-refractivity contribution in [2.24, 2.45) is 4.99 Å². The summed E-state index contributed by atoms with van der Waals surface area (Å²) in [4.78, 5) is 6.66. The molecule has 1 heterocycles. The summed E-state index contributed by atoms with van der Waals surface area (Å²) >= 11 is 0. The number of alkyl halides is 3. The van der Waals surface area contributed by atoms with E-state index in [4.69, 9.17) is 0 Å². The predicted octanol–water partition coefficient (Wildman–Crippen LogP) is 3.24. The SMILES string of the molecule is CN=C(NCc1ccc(C(F)(F)F)cc1)NC1CCN(C(C)C)CC1. The van der Waals surface area contributed by atoms with Crippen molar-refractivity contribution in [3.8, 4) is 0 Å². The summed E-state index contributed by atoms with van der Waals surface area (Å²) < 4.78 is 37.7. The largest absolute Gasteiger partial charge is 0.416 e. The molecule has 140 valence electrons. The molecule has 0 radical (unpaired) electrons. The molecule has 0 spiro atoms. The fourth-order valence-electron chi connectivity index (χ4n) is 2.95. The second kappa shape index (κ2) is 8.56. The molecule has 1 aliphatic rings. The number of halogens is 3.